The summed E-state index contributed by atoms with van der Waals surface area (Å²) in [6, 6.07) is 8.10. The number of ether oxygens (including phenoxy) is 1. The molecule has 3 nitrogen and oxygen atoms in total. The molecule has 0 unspecified atom stereocenters. The van der Waals surface area contributed by atoms with Crippen LogP contribution in [0, 0.1) is 0 Å². The molecule has 2 rings (SSSR count). The van der Waals surface area contributed by atoms with Crippen molar-refractivity contribution in [2.24, 2.45) is 0 Å². The van der Waals surface area contributed by atoms with Gasteiger partial charge in [-0.1, -0.05) is 31.4 Å². The molecule has 0 bridgehead atoms. The van der Waals surface area contributed by atoms with Gasteiger partial charge in [0, 0.05) is 11.7 Å². The fourth-order valence-corrected chi connectivity index (χ4v) is 2.46. The molecule has 3 heteroatoms. The van der Waals surface area contributed by atoms with Crippen LogP contribution in [-0.2, 0) is 4.74 Å². The van der Waals surface area contributed by atoms with E-state index in [0.29, 0.717) is 18.2 Å². The van der Waals surface area contributed by atoms with Gasteiger partial charge in [0.05, 0.1) is 12.2 Å². The Bertz CT molecular complexity index is 397. The van der Waals surface area contributed by atoms with E-state index in [1.54, 1.807) is 0 Å². The van der Waals surface area contributed by atoms with Gasteiger partial charge < -0.3 is 10.1 Å². The predicted octanol–water partition coefficient (Wildman–Crippen LogP) is 3.61. The summed E-state index contributed by atoms with van der Waals surface area (Å²) in [5.74, 6) is -0.239. The highest BCUT2D eigenvalue weighted by Crippen LogP contribution is 2.24. The second kappa shape index (κ2) is 6.43. The molecule has 1 N–H and O–H groups in total. The van der Waals surface area contributed by atoms with Crippen molar-refractivity contribution in [1.29, 1.82) is 0 Å². The maximum absolute atomic E-state index is 11.8. The maximum atomic E-state index is 11.8. The topological polar surface area (TPSA) is 38.3 Å². The summed E-state index contributed by atoms with van der Waals surface area (Å²) in [5, 5.41) is 3.49. The van der Waals surface area contributed by atoms with E-state index < -0.39 is 0 Å². The first kappa shape index (κ1) is 12.9. The Balaban J connectivity index is 2.08. The van der Waals surface area contributed by atoms with E-state index in [1.807, 2.05) is 31.2 Å². The van der Waals surface area contributed by atoms with Gasteiger partial charge in [-0.3, -0.25) is 0 Å². The molecule has 1 saturated carbocycles. The van der Waals surface area contributed by atoms with E-state index in [1.165, 1.54) is 32.1 Å². The van der Waals surface area contributed by atoms with Crippen molar-refractivity contribution < 1.29 is 9.53 Å². The molecular formula is C15H21NO2. The quantitative estimate of drug-likeness (QED) is 0.826. The first-order valence-corrected chi connectivity index (χ1v) is 6.84. The second-order valence-electron chi connectivity index (χ2n) is 4.75. The standard InChI is InChI=1S/C15H21NO2/c1-2-18-15(17)13-10-6-7-11-14(13)16-12-8-4-3-5-9-12/h6-7,10-12,16H,2-5,8-9H2,1H3. The summed E-state index contributed by atoms with van der Waals surface area (Å²) in [5.41, 5.74) is 1.55. The van der Waals surface area contributed by atoms with Crippen LogP contribution in [0.1, 0.15) is 49.4 Å². The SMILES string of the molecule is CCOC(=O)c1ccccc1NC1CCCCC1. The van der Waals surface area contributed by atoms with Gasteiger partial charge in [0.15, 0.2) is 0 Å². The first-order valence-electron chi connectivity index (χ1n) is 6.84. The fraction of sp³-hybridized carbons (Fsp3) is 0.533. The number of anilines is 1. The van der Waals surface area contributed by atoms with Crippen molar-refractivity contribution in [3.63, 3.8) is 0 Å². The molecule has 1 aromatic rings. The van der Waals surface area contributed by atoms with Crippen LogP contribution in [0.3, 0.4) is 0 Å². The number of carbonyl (C=O) groups excluding carboxylic acids is 1. The van der Waals surface area contributed by atoms with Crippen molar-refractivity contribution in [3.8, 4) is 0 Å². The number of carbonyl (C=O) groups is 1. The van der Waals surface area contributed by atoms with Crippen LogP contribution in [0.4, 0.5) is 5.69 Å². The number of nitrogens with one attached hydrogen (secondary N) is 1. The second-order valence-corrected chi connectivity index (χ2v) is 4.75. The Morgan fingerprint density at radius 2 is 2.00 bits per heavy atom. The lowest BCUT2D eigenvalue weighted by atomic mass is 9.95. The minimum Gasteiger partial charge on any atom is -0.462 e. The Kier molecular flexibility index (Phi) is 4.62. The van der Waals surface area contributed by atoms with Crippen LogP contribution in [-0.4, -0.2) is 18.6 Å². The molecule has 0 aliphatic heterocycles. The summed E-state index contributed by atoms with van der Waals surface area (Å²) in [4.78, 5) is 11.8. The zero-order valence-corrected chi connectivity index (χ0v) is 10.9. The summed E-state index contributed by atoms with van der Waals surface area (Å²) < 4.78 is 5.08. The molecule has 0 aromatic heterocycles. The van der Waals surface area contributed by atoms with E-state index in [2.05, 4.69) is 5.32 Å². The van der Waals surface area contributed by atoms with Crippen molar-refractivity contribution in [1.82, 2.24) is 0 Å². The van der Waals surface area contributed by atoms with Gasteiger partial charge in [0.25, 0.3) is 0 Å². The molecule has 0 heterocycles. The predicted molar refractivity (Wildman–Crippen MR) is 72.9 cm³/mol. The molecule has 1 fully saturated rings. The Hall–Kier alpha value is -1.51. The third kappa shape index (κ3) is 3.25. The lowest BCUT2D eigenvalue weighted by molar-refractivity contribution is 0.0527. The Labute approximate surface area is 109 Å². The zero-order valence-electron chi connectivity index (χ0n) is 10.9. The van der Waals surface area contributed by atoms with E-state index in [4.69, 9.17) is 4.74 Å². The average molecular weight is 247 g/mol. The van der Waals surface area contributed by atoms with Gasteiger partial charge >= 0.3 is 5.97 Å². The van der Waals surface area contributed by atoms with Crippen LogP contribution in [0.2, 0.25) is 0 Å². The highest BCUT2D eigenvalue weighted by atomic mass is 16.5. The normalized spacial score (nSPS) is 16.3. The maximum Gasteiger partial charge on any atom is 0.340 e. The number of para-hydroxylation sites is 1. The van der Waals surface area contributed by atoms with Crippen LogP contribution >= 0.6 is 0 Å². The van der Waals surface area contributed by atoms with Crippen LogP contribution in [0.15, 0.2) is 24.3 Å². The van der Waals surface area contributed by atoms with Gasteiger partial charge in [-0.25, -0.2) is 4.79 Å². The van der Waals surface area contributed by atoms with Gasteiger partial charge in [0.2, 0.25) is 0 Å². The lowest BCUT2D eigenvalue weighted by Gasteiger charge is -2.24. The third-order valence-corrected chi connectivity index (χ3v) is 3.39. The summed E-state index contributed by atoms with van der Waals surface area (Å²) in [7, 11) is 0. The largest absolute Gasteiger partial charge is 0.462 e. The average Bonchev–Trinajstić information content (AvgIpc) is 2.41. The molecule has 1 aliphatic rings. The van der Waals surface area contributed by atoms with Gasteiger partial charge in [-0.2, -0.15) is 0 Å². The van der Waals surface area contributed by atoms with Crippen molar-refractivity contribution in [2.75, 3.05) is 11.9 Å². The van der Waals surface area contributed by atoms with Crippen molar-refractivity contribution in [3.05, 3.63) is 29.8 Å². The molecule has 0 radical (unpaired) electrons. The van der Waals surface area contributed by atoms with Gasteiger partial charge in [0.1, 0.15) is 0 Å². The molecule has 0 spiro atoms. The molecule has 98 valence electrons. The minimum atomic E-state index is -0.239. The number of hydrogen-bond acceptors (Lipinski definition) is 3. The van der Waals surface area contributed by atoms with Crippen molar-refractivity contribution >= 4 is 11.7 Å². The molecule has 0 amide bonds. The highest BCUT2D eigenvalue weighted by Gasteiger charge is 2.17. The van der Waals surface area contributed by atoms with E-state index in [0.717, 1.165) is 5.69 Å². The minimum absolute atomic E-state index is 0.239. The number of rotatable bonds is 4. The molecule has 0 saturated heterocycles. The van der Waals surface area contributed by atoms with Gasteiger partial charge in [-0.15, -0.1) is 0 Å². The van der Waals surface area contributed by atoms with E-state index >= 15 is 0 Å². The monoisotopic (exact) mass is 247 g/mol. The van der Waals surface area contributed by atoms with Crippen LogP contribution in [0.25, 0.3) is 0 Å². The van der Waals surface area contributed by atoms with E-state index in [9.17, 15) is 4.79 Å². The Morgan fingerprint density at radius 1 is 1.28 bits per heavy atom. The lowest BCUT2D eigenvalue weighted by Crippen LogP contribution is -2.23. The Morgan fingerprint density at radius 3 is 2.72 bits per heavy atom. The van der Waals surface area contributed by atoms with E-state index in [-0.39, 0.29) is 5.97 Å². The summed E-state index contributed by atoms with van der Waals surface area (Å²) >= 11 is 0. The van der Waals surface area contributed by atoms with Crippen LogP contribution in [0.5, 0.6) is 0 Å². The molecule has 1 aromatic carbocycles. The molecule has 18 heavy (non-hydrogen) atoms. The first-order chi connectivity index (χ1) is 8.81. The number of hydrogen-bond donors (Lipinski definition) is 1. The van der Waals surface area contributed by atoms with Crippen LogP contribution < -0.4 is 5.32 Å². The number of benzene rings is 1. The summed E-state index contributed by atoms with van der Waals surface area (Å²) in [6.45, 7) is 2.24. The highest BCUT2D eigenvalue weighted by molar-refractivity contribution is 5.95. The summed E-state index contributed by atoms with van der Waals surface area (Å²) in [6.07, 6.45) is 6.27. The fourth-order valence-electron chi connectivity index (χ4n) is 2.46. The number of esters is 1. The molecular weight excluding hydrogens is 226 g/mol. The molecule has 0 atom stereocenters. The third-order valence-electron chi connectivity index (χ3n) is 3.39. The zero-order chi connectivity index (χ0) is 12.8. The molecule has 1 aliphatic carbocycles. The van der Waals surface area contributed by atoms with Crippen molar-refractivity contribution in [2.45, 2.75) is 45.1 Å². The smallest absolute Gasteiger partial charge is 0.340 e. The van der Waals surface area contributed by atoms with Gasteiger partial charge in [-0.05, 0) is 31.9 Å².